The molecule has 0 bridgehead atoms. The summed E-state index contributed by atoms with van der Waals surface area (Å²) in [5.41, 5.74) is 0. The van der Waals surface area contributed by atoms with Crippen LogP contribution in [0.15, 0.2) is 0 Å². The molecule has 0 heterocycles. The van der Waals surface area contributed by atoms with E-state index in [0.29, 0.717) is 0 Å². The zero-order chi connectivity index (χ0) is 15.2. The Morgan fingerprint density at radius 3 is 2.11 bits per heavy atom. The molecule has 1 N–H and O–H groups in total. The van der Waals surface area contributed by atoms with Gasteiger partial charge >= 0.3 is 18.2 Å². The number of esters is 1. The quantitative estimate of drug-likeness (QED) is 0.786. The zero-order valence-corrected chi connectivity index (χ0v) is 11.2. The fraction of sp³-hybridized carbons (Fsp3) is 0.818. The van der Waals surface area contributed by atoms with Crippen LogP contribution in [0.4, 0.5) is 18.0 Å². The van der Waals surface area contributed by atoms with Gasteiger partial charge in [0.25, 0.3) is 0 Å². The van der Waals surface area contributed by atoms with Crippen molar-refractivity contribution in [3.63, 3.8) is 0 Å². The van der Waals surface area contributed by atoms with Crippen LogP contribution in [0.5, 0.6) is 0 Å². The second-order valence-corrected chi connectivity index (χ2v) is 4.47. The second-order valence-electron chi connectivity index (χ2n) is 4.47. The number of methoxy groups -OCH3 is 1. The lowest BCUT2D eigenvalue weighted by Gasteiger charge is -2.25. The maximum atomic E-state index is 12.6. The predicted molar refractivity (Wildman–Crippen MR) is 60.3 cm³/mol. The summed E-state index contributed by atoms with van der Waals surface area (Å²) < 4.78 is 46.8. The van der Waals surface area contributed by atoms with Crippen molar-refractivity contribution in [1.29, 1.82) is 0 Å². The lowest BCUT2D eigenvalue weighted by Crippen LogP contribution is -2.50. The van der Waals surface area contributed by atoms with Crippen LogP contribution in [0.2, 0.25) is 0 Å². The first kappa shape index (κ1) is 17.5. The molecule has 0 aromatic heterocycles. The third-order valence-corrected chi connectivity index (χ3v) is 2.29. The minimum Gasteiger partial charge on any atom is -0.464 e. The van der Waals surface area contributed by atoms with Gasteiger partial charge in [-0.2, -0.15) is 13.2 Å². The van der Waals surface area contributed by atoms with Crippen molar-refractivity contribution in [3.05, 3.63) is 0 Å². The normalized spacial score (nSPS) is 14.7. The topological polar surface area (TPSA) is 64.6 Å². The standard InChI is InChI=1S/C11H18F3NO4/c1-6(2)5-19-9(16)8(15-10(17)18-4)7(3)11(12,13)14/h6-8H,5H2,1-4H3,(H,15,17). The number of rotatable bonds is 5. The summed E-state index contributed by atoms with van der Waals surface area (Å²) in [6.07, 6.45) is -5.76. The minimum atomic E-state index is -4.64. The average molecular weight is 285 g/mol. The molecule has 0 saturated heterocycles. The number of nitrogens with one attached hydrogen (secondary N) is 1. The first-order valence-corrected chi connectivity index (χ1v) is 5.67. The van der Waals surface area contributed by atoms with E-state index in [-0.39, 0.29) is 12.5 Å². The Morgan fingerprint density at radius 2 is 1.74 bits per heavy atom. The van der Waals surface area contributed by atoms with Crippen LogP contribution in [0.1, 0.15) is 20.8 Å². The van der Waals surface area contributed by atoms with Crippen LogP contribution >= 0.6 is 0 Å². The SMILES string of the molecule is COC(=O)NC(C(=O)OCC(C)C)C(C)C(F)(F)F. The van der Waals surface area contributed by atoms with Crippen LogP contribution in [0.25, 0.3) is 0 Å². The molecule has 5 nitrogen and oxygen atoms in total. The molecule has 2 unspecified atom stereocenters. The van der Waals surface area contributed by atoms with E-state index >= 15 is 0 Å². The monoisotopic (exact) mass is 285 g/mol. The summed E-state index contributed by atoms with van der Waals surface area (Å²) in [5.74, 6) is -3.24. The molecule has 0 rings (SSSR count). The molecule has 0 spiro atoms. The molecular weight excluding hydrogens is 267 g/mol. The Balaban J connectivity index is 4.85. The maximum Gasteiger partial charge on any atom is 0.407 e. The fourth-order valence-electron chi connectivity index (χ4n) is 1.10. The molecule has 0 aliphatic carbocycles. The number of halogens is 3. The lowest BCUT2D eigenvalue weighted by molar-refractivity contribution is -0.187. The van der Waals surface area contributed by atoms with Crippen molar-refractivity contribution in [1.82, 2.24) is 5.32 Å². The van der Waals surface area contributed by atoms with Gasteiger partial charge in [-0.1, -0.05) is 20.8 Å². The van der Waals surface area contributed by atoms with E-state index in [1.807, 2.05) is 5.32 Å². The number of carbonyl (C=O) groups excluding carboxylic acids is 2. The lowest BCUT2D eigenvalue weighted by atomic mass is 10.0. The second kappa shape index (κ2) is 7.20. The Hall–Kier alpha value is -1.47. The van der Waals surface area contributed by atoms with Gasteiger partial charge in [-0.05, 0) is 5.92 Å². The van der Waals surface area contributed by atoms with Gasteiger partial charge in [0, 0.05) is 0 Å². The number of alkyl halides is 3. The van der Waals surface area contributed by atoms with Gasteiger partial charge in [-0.25, -0.2) is 9.59 Å². The van der Waals surface area contributed by atoms with E-state index in [1.165, 1.54) is 0 Å². The number of amides is 1. The average Bonchev–Trinajstić information content (AvgIpc) is 2.30. The Morgan fingerprint density at radius 1 is 1.21 bits per heavy atom. The van der Waals surface area contributed by atoms with E-state index in [0.717, 1.165) is 14.0 Å². The highest BCUT2D eigenvalue weighted by Crippen LogP contribution is 2.29. The first-order chi connectivity index (χ1) is 8.59. The summed E-state index contributed by atoms with van der Waals surface area (Å²) in [7, 11) is 0.990. The minimum absolute atomic E-state index is 0.0241. The third kappa shape index (κ3) is 6.30. The number of alkyl carbamates (subject to hydrolysis) is 1. The molecular formula is C11H18F3NO4. The molecule has 0 aromatic carbocycles. The van der Waals surface area contributed by atoms with Crippen LogP contribution in [0, 0.1) is 11.8 Å². The van der Waals surface area contributed by atoms with Gasteiger partial charge in [-0.15, -0.1) is 0 Å². The molecule has 112 valence electrons. The van der Waals surface area contributed by atoms with E-state index in [4.69, 9.17) is 4.74 Å². The van der Waals surface area contributed by atoms with Gasteiger partial charge in [0.15, 0.2) is 0 Å². The largest absolute Gasteiger partial charge is 0.464 e. The fourth-order valence-corrected chi connectivity index (χ4v) is 1.10. The van der Waals surface area contributed by atoms with E-state index < -0.39 is 30.2 Å². The smallest absolute Gasteiger partial charge is 0.407 e. The van der Waals surface area contributed by atoms with Gasteiger partial charge < -0.3 is 14.8 Å². The van der Waals surface area contributed by atoms with E-state index in [1.54, 1.807) is 13.8 Å². The predicted octanol–water partition coefficient (Wildman–Crippen LogP) is 2.11. The van der Waals surface area contributed by atoms with Crippen molar-refractivity contribution in [3.8, 4) is 0 Å². The van der Waals surface area contributed by atoms with Crippen molar-refractivity contribution in [2.75, 3.05) is 13.7 Å². The highest BCUT2D eigenvalue weighted by atomic mass is 19.4. The molecule has 0 radical (unpaired) electrons. The number of carbonyl (C=O) groups is 2. The van der Waals surface area contributed by atoms with Crippen LogP contribution in [-0.4, -0.2) is 38.0 Å². The summed E-state index contributed by atoms with van der Waals surface area (Å²) in [4.78, 5) is 22.6. The van der Waals surface area contributed by atoms with Crippen molar-refractivity contribution in [2.45, 2.75) is 33.0 Å². The van der Waals surface area contributed by atoms with Crippen molar-refractivity contribution < 1.29 is 32.2 Å². The van der Waals surface area contributed by atoms with E-state index in [2.05, 4.69) is 4.74 Å². The van der Waals surface area contributed by atoms with Crippen molar-refractivity contribution in [2.24, 2.45) is 11.8 Å². The van der Waals surface area contributed by atoms with Crippen LogP contribution in [0.3, 0.4) is 0 Å². The summed E-state index contributed by atoms with van der Waals surface area (Å²) >= 11 is 0. The van der Waals surface area contributed by atoms with Crippen LogP contribution in [-0.2, 0) is 14.3 Å². The highest BCUT2D eigenvalue weighted by Gasteiger charge is 2.46. The number of hydrogen-bond donors (Lipinski definition) is 1. The number of hydrogen-bond acceptors (Lipinski definition) is 4. The van der Waals surface area contributed by atoms with Crippen molar-refractivity contribution >= 4 is 12.1 Å². The summed E-state index contributed by atoms with van der Waals surface area (Å²) in [5, 5.41) is 1.84. The first-order valence-electron chi connectivity index (χ1n) is 5.67. The van der Waals surface area contributed by atoms with E-state index in [9.17, 15) is 22.8 Å². The Bertz CT molecular complexity index is 318. The molecule has 0 aromatic rings. The molecule has 19 heavy (non-hydrogen) atoms. The molecule has 8 heteroatoms. The maximum absolute atomic E-state index is 12.6. The molecule has 2 atom stereocenters. The third-order valence-electron chi connectivity index (χ3n) is 2.29. The summed E-state index contributed by atoms with van der Waals surface area (Å²) in [6, 6.07) is -1.83. The van der Waals surface area contributed by atoms with Gasteiger partial charge in [0.05, 0.1) is 19.6 Å². The number of ether oxygens (including phenoxy) is 2. The molecule has 0 aliphatic heterocycles. The Kier molecular flexibility index (Phi) is 6.64. The molecule has 0 fully saturated rings. The molecule has 0 saturated carbocycles. The van der Waals surface area contributed by atoms with Gasteiger partial charge in [0.1, 0.15) is 6.04 Å². The summed E-state index contributed by atoms with van der Waals surface area (Å²) in [6.45, 7) is 4.24. The van der Waals surface area contributed by atoms with Crippen LogP contribution < -0.4 is 5.32 Å². The molecule has 0 aliphatic rings. The zero-order valence-electron chi connectivity index (χ0n) is 11.2. The van der Waals surface area contributed by atoms with Gasteiger partial charge in [-0.3, -0.25) is 0 Å². The van der Waals surface area contributed by atoms with Gasteiger partial charge in [0.2, 0.25) is 0 Å². The highest BCUT2D eigenvalue weighted by molar-refractivity contribution is 5.81. The molecule has 1 amide bonds. The Labute approximate surface area is 109 Å².